The molecule has 14 heavy (non-hydrogen) atoms. The van der Waals surface area contributed by atoms with E-state index in [2.05, 4.69) is 13.8 Å². The Hall–Kier alpha value is -0.410. The summed E-state index contributed by atoms with van der Waals surface area (Å²) in [5.41, 5.74) is 5.60. The molecule has 1 atom stereocenters. The molecule has 0 heterocycles. The first-order valence-electron chi connectivity index (χ1n) is 5.39. The summed E-state index contributed by atoms with van der Waals surface area (Å²) < 4.78 is 5.06. The molecule has 0 aromatic rings. The number of nitrogens with two attached hydrogens (primary N) is 1. The van der Waals surface area contributed by atoms with Gasteiger partial charge in [0.2, 0.25) is 0 Å². The topological polar surface area (TPSA) is 52.3 Å². The predicted molar refractivity (Wildman–Crippen MR) is 58.1 cm³/mol. The maximum atomic E-state index is 11.4. The van der Waals surface area contributed by atoms with E-state index in [1.54, 1.807) is 0 Å². The molecule has 0 amide bonds. The summed E-state index contributed by atoms with van der Waals surface area (Å²) >= 11 is 0. The number of ketones is 1. The Kier molecular flexibility index (Phi) is 7.71. The van der Waals surface area contributed by atoms with Crippen LogP contribution in [0.4, 0.5) is 0 Å². The van der Waals surface area contributed by atoms with Crippen LogP contribution in [0, 0.1) is 11.8 Å². The first-order chi connectivity index (χ1) is 6.60. The van der Waals surface area contributed by atoms with Gasteiger partial charge in [0.05, 0.1) is 0 Å². The highest BCUT2D eigenvalue weighted by Gasteiger charge is 2.13. The van der Waals surface area contributed by atoms with Gasteiger partial charge in [0.1, 0.15) is 6.61 Å². The largest absolute Gasteiger partial charge is 0.374 e. The van der Waals surface area contributed by atoms with Gasteiger partial charge < -0.3 is 10.5 Å². The van der Waals surface area contributed by atoms with Gasteiger partial charge >= 0.3 is 0 Å². The Morgan fingerprint density at radius 1 is 1.43 bits per heavy atom. The predicted octanol–water partition coefficient (Wildman–Crippen LogP) is 1.60. The van der Waals surface area contributed by atoms with Gasteiger partial charge in [-0.15, -0.1) is 0 Å². The van der Waals surface area contributed by atoms with Gasteiger partial charge in [-0.2, -0.15) is 0 Å². The molecule has 0 fully saturated rings. The molecule has 0 spiro atoms. The highest BCUT2D eigenvalue weighted by Crippen LogP contribution is 2.14. The second-order valence-corrected chi connectivity index (χ2v) is 4.11. The molecule has 0 aliphatic carbocycles. The fraction of sp³-hybridized carbons (Fsp3) is 0.909. The molecule has 1 unspecified atom stereocenters. The molecular formula is C11H23NO2. The number of hydrogen-bond donors (Lipinski definition) is 1. The zero-order chi connectivity index (χ0) is 11.0. The Morgan fingerprint density at radius 3 is 2.50 bits per heavy atom. The summed E-state index contributed by atoms with van der Waals surface area (Å²) in [5, 5.41) is 0. The zero-order valence-electron chi connectivity index (χ0n) is 9.58. The third-order valence-electron chi connectivity index (χ3n) is 2.12. The molecule has 0 aromatic heterocycles. The van der Waals surface area contributed by atoms with Crippen LogP contribution in [0.15, 0.2) is 0 Å². The van der Waals surface area contributed by atoms with Gasteiger partial charge in [0.15, 0.2) is 5.78 Å². The summed E-state index contributed by atoms with van der Waals surface area (Å²) in [6, 6.07) is 0. The Balaban J connectivity index is 3.74. The van der Waals surface area contributed by atoms with E-state index in [0.29, 0.717) is 31.4 Å². The average molecular weight is 201 g/mol. The van der Waals surface area contributed by atoms with Gasteiger partial charge in [-0.3, -0.25) is 4.79 Å². The molecular weight excluding hydrogens is 178 g/mol. The fourth-order valence-electron chi connectivity index (χ4n) is 1.53. The van der Waals surface area contributed by atoms with E-state index in [1.165, 1.54) is 0 Å². The van der Waals surface area contributed by atoms with Crippen LogP contribution in [0.25, 0.3) is 0 Å². The molecule has 3 heteroatoms. The minimum atomic E-state index is 0.169. The summed E-state index contributed by atoms with van der Waals surface area (Å²) in [5.74, 6) is 1.09. The van der Waals surface area contributed by atoms with Crippen molar-refractivity contribution in [2.24, 2.45) is 17.6 Å². The van der Waals surface area contributed by atoms with E-state index in [1.807, 2.05) is 6.92 Å². The molecule has 0 bridgehead atoms. The van der Waals surface area contributed by atoms with Gasteiger partial charge in [-0.05, 0) is 31.7 Å². The van der Waals surface area contributed by atoms with Gasteiger partial charge in [0.25, 0.3) is 0 Å². The third-order valence-corrected chi connectivity index (χ3v) is 2.12. The summed E-state index contributed by atoms with van der Waals surface area (Å²) in [4.78, 5) is 11.4. The van der Waals surface area contributed by atoms with Crippen molar-refractivity contribution in [1.29, 1.82) is 0 Å². The minimum Gasteiger partial charge on any atom is -0.374 e. The van der Waals surface area contributed by atoms with Crippen molar-refractivity contribution >= 4 is 5.78 Å². The second kappa shape index (κ2) is 7.94. The monoisotopic (exact) mass is 201 g/mol. The molecule has 0 rings (SSSR count). The lowest BCUT2D eigenvalue weighted by Crippen LogP contribution is -2.22. The Bertz CT molecular complexity index is 157. The Morgan fingerprint density at radius 2 is 2.07 bits per heavy atom. The fourth-order valence-corrected chi connectivity index (χ4v) is 1.53. The molecule has 0 aromatic carbocycles. The van der Waals surface area contributed by atoms with Gasteiger partial charge in [-0.25, -0.2) is 0 Å². The van der Waals surface area contributed by atoms with E-state index in [-0.39, 0.29) is 12.4 Å². The summed E-state index contributed by atoms with van der Waals surface area (Å²) in [6.07, 6.45) is 1.59. The van der Waals surface area contributed by atoms with Crippen LogP contribution in [-0.2, 0) is 9.53 Å². The van der Waals surface area contributed by atoms with Crippen LogP contribution < -0.4 is 5.73 Å². The Labute approximate surface area is 87.0 Å². The summed E-state index contributed by atoms with van der Waals surface area (Å²) in [6.45, 7) is 7.62. The first kappa shape index (κ1) is 13.6. The maximum Gasteiger partial charge on any atom is 0.158 e. The third kappa shape index (κ3) is 7.04. The van der Waals surface area contributed by atoms with E-state index >= 15 is 0 Å². The van der Waals surface area contributed by atoms with Crippen molar-refractivity contribution in [3.63, 3.8) is 0 Å². The zero-order valence-corrected chi connectivity index (χ0v) is 9.58. The highest BCUT2D eigenvalue weighted by atomic mass is 16.5. The summed E-state index contributed by atoms with van der Waals surface area (Å²) in [7, 11) is 0. The molecule has 0 saturated heterocycles. The van der Waals surface area contributed by atoms with Gasteiger partial charge in [0, 0.05) is 13.0 Å². The van der Waals surface area contributed by atoms with E-state index in [0.717, 1.165) is 6.42 Å². The molecule has 0 aliphatic rings. The quantitative estimate of drug-likeness (QED) is 0.649. The lowest BCUT2D eigenvalue weighted by molar-refractivity contribution is -0.124. The van der Waals surface area contributed by atoms with Crippen LogP contribution in [-0.4, -0.2) is 25.5 Å². The number of carbonyl (C=O) groups excluding carboxylic acids is 1. The van der Waals surface area contributed by atoms with E-state index in [4.69, 9.17) is 10.5 Å². The standard InChI is InChI=1S/C11H23NO2/c1-4-14-8-11(13)6-10(7-12)5-9(2)3/h9-10H,4-8,12H2,1-3H3. The molecule has 0 saturated carbocycles. The molecule has 0 aliphatic heterocycles. The average Bonchev–Trinajstić information content (AvgIpc) is 2.12. The molecule has 3 nitrogen and oxygen atoms in total. The number of rotatable bonds is 8. The molecule has 84 valence electrons. The normalized spacial score (nSPS) is 13.2. The van der Waals surface area contributed by atoms with Crippen LogP contribution in [0.5, 0.6) is 0 Å². The number of ether oxygens (including phenoxy) is 1. The SMILES string of the molecule is CCOCC(=O)CC(CN)CC(C)C. The van der Waals surface area contributed by atoms with E-state index in [9.17, 15) is 4.79 Å². The van der Waals surface area contributed by atoms with Crippen molar-refractivity contribution in [2.45, 2.75) is 33.6 Å². The van der Waals surface area contributed by atoms with Crippen molar-refractivity contribution in [2.75, 3.05) is 19.8 Å². The molecule has 0 radical (unpaired) electrons. The number of carbonyl (C=O) groups is 1. The van der Waals surface area contributed by atoms with Crippen molar-refractivity contribution < 1.29 is 9.53 Å². The lowest BCUT2D eigenvalue weighted by Gasteiger charge is -2.15. The maximum absolute atomic E-state index is 11.4. The van der Waals surface area contributed by atoms with Crippen LogP contribution in [0.3, 0.4) is 0 Å². The van der Waals surface area contributed by atoms with Crippen LogP contribution in [0.2, 0.25) is 0 Å². The van der Waals surface area contributed by atoms with Crippen LogP contribution in [0.1, 0.15) is 33.6 Å². The smallest absolute Gasteiger partial charge is 0.158 e. The number of hydrogen-bond acceptors (Lipinski definition) is 3. The van der Waals surface area contributed by atoms with Crippen molar-refractivity contribution in [3.05, 3.63) is 0 Å². The van der Waals surface area contributed by atoms with Crippen molar-refractivity contribution in [1.82, 2.24) is 0 Å². The molecule has 2 N–H and O–H groups in total. The highest BCUT2D eigenvalue weighted by molar-refractivity contribution is 5.79. The first-order valence-corrected chi connectivity index (χ1v) is 5.39. The minimum absolute atomic E-state index is 0.169. The number of Topliss-reactive ketones (excluding diaryl/α,β-unsaturated/α-hetero) is 1. The van der Waals surface area contributed by atoms with Crippen molar-refractivity contribution in [3.8, 4) is 0 Å². The van der Waals surface area contributed by atoms with Crippen LogP contribution >= 0.6 is 0 Å². The van der Waals surface area contributed by atoms with E-state index < -0.39 is 0 Å². The van der Waals surface area contributed by atoms with Gasteiger partial charge in [-0.1, -0.05) is 13.8 Å². The second-order valence-electron chi connectivity index (χ2n) is 4.11. The lowest BCUT2D eigenvalue weighted by atomic mass is 9.93.